The number of hydroxylamine groups is 1. The van der Waals surface area contributed by atoms with E-state index in [1.165, 1.54) is 5.56 Å². The van der Waals surface area contributed by atoms with E-state index in [0.717, 1.165) is 66.4 Å². The molecule has 0 radical (unpaired) electrons. The molecule has 1 fully saturated rings. The van der Waals surface area contributed by atoms with Crippen LogP contribution >= 0.6 is 0 Å². The normalized spacial score (nSPS) is 21.0. The number of nitrogens with one attached hydrogen (secondary N) is 2. The molecule has 8 heteroatoms. The molecule has 2 N–H and O–H groups in total. The van der Waals surface area contributed by atoms with Crippen molar-refractivity contribution in [2.24, 2.45) is 10.9 Å². The fourth-order valence-corrected chi connectivity index (χ4v) is 4.48. The van der Waals surface area contributed by atoms with Crippen molar-refractivity contribution in [3.05, 3.63) is 53.2 Å². The first kappa shape index (κ1) is 16.9. The maximum absolute atomic E-state index is 5.81. The molecule has 3 aliphatic heterocycles. The predicted molar refractivity (Wildman–Crippen MR) is 107 cm³/mol. The van der Waals surface area contributed by atoms with Crippen LogP contribution < -0.4 is 5.48 Å². The number of H-pyrrole nitrogens is 1. The van der Waals surface area contributed by atoms with Crippen LogP contribution in [0.25, 0.3) is 16.9 Å². The van der Waals surface area contributed by atoms with Crippen LogP contribution in [0.4, 0.5) is 0 Å². The molecule has 0 saturated carbocycles. The molecule has 0 spiro atoms. The van der Waals surface area contributed by atoms with E-state index >= 15 is 0 Å². The summed E-state index contributed by atoms with van der Waals surface area (Å²) in [6.07, 6.45) is 6.25. The molecule has 1 unspecified atom stereocenters. The van der Waals surface area contributed by atoms with Gasteiger partial charge in [-0.05, 0) is 31.9 Å². The minimum atomic E-state index is -0.184. The van der Waals surface area contributed by atoms with Crippen molar-refractivity contribution in [1.29, 1.82) is 0 Å². The Morgan fingerprint density at radius 1 is 1.21 bits per heavy atom. The quantitative estimate of drug-likeness (QED) is 0.549. The van der Waals surface area contributed by atoms with Crippen molar-refractivity contribution in [1.82, 2.24) is 25.2 Å². The second kappa shape index (κ2) is 6.53. The standard InChI is InChI=1S/C21H22N6O2/c1-12-2-3-16-15(8-12)18-14(10-23-25-18)9-17-19(22-11-27(16)17)20-24-21(29-26-20)13-4-6-28-7-5-13/h2-3,8,10-11,13,21H,4-7,9H2,1H3,(H,23,25)(H,24,26). The topological polar surface area (TPSA) is 89.3 Å². The zero-order chi connectivity index (χ0) is 19.4. The van der Waals surface area contributed by atoms with Crippen LogP contribution in [0, 0.1) is 12.8 Å². The van der Waals surface area contributed by atoms with Crippen molar-refractivity contribution >= 4 is 5.84 Å². The number of benzene rings is 1. The Bertz CT molecular complexity index is 1110. The molecule has 29 heavy (non-hydrogen) atoms. The molecule has 3 aliphatic rings. The minimum absolute atomic E-state index is 0.184. The van der Waals surface area contributed by atoms with E-state index in [0.29, 0.717) is 11.8 Å². The lowest BCUT2D eigenvalue weighted by Gasteiger charge is -2.23. The fourth-order valence-electron chi connectivity index (χ4n) is 4.48. The first-order chi connectivity index (χ1) is 14.3. The molecule has 6 rings (SSSR count). The fraction of sp³-hybridized carbons (Fsp3) is 0.381. The van der Waals surface area contributed by atoms with E-state index in [1.54, 1.807) is 0 Å². The summed E-state index contributed by atoms with van der Waals surface area (Å²) in [6, 6.07) is 6.46. The van der Waals surface area contributed by atoms with Gasteiger partial charge in [0.1, 0.15) is 12.0 Å². The summed E-state index contributed by atoms with van der Waals surface area (Å²) in [6.45, 7) is 3.65. The molecule has 1 atom stereocenters. The Hall–Kier alpha value is -2.97. The number of aromatic nitrogens is 4. The Morgan fingerprint density at radius 3 is 3.00 bits per heavy atom. The van der Waals surface area contributed by atoms with Gasteiger partial charge in [-0.1, -0.05) is 11.6 Å². The van der Waals surface area contributed by atoms with E-state index in [9.17, 15) is 0 Å². The van der Waals surface area contributed by atoms with Crippen molar-refractivity contribution in [3.63, 3.8) is 0 Å². The average Bonchev–Trinajstić information content (AvgIpc) is 3.48. The number of nitrogens with zero attached hydrogens (tertiary/aromatic N) is 4. The van der Waals surface area contributed by atoms with Crippen LogP contribution in [0.3, 0.4) is 0 Å². The van der Waals surface area contributed by atoms with Crippen LogP contribution in [-0.4, -0.2) is 45.0 Å². The van der Waals surface area contributed by atoms with Crippen molar-refractivity contribution in [2.75, 3.05) is 13.2 Å². The molecule has 1 saturated heterocycles. The number of rotatable bonds is 2. The lowest BCUT2D eigenvalue weighted by atomic mass is 9.99. The van der Waals surface area contributed by atoms with E-state index in [1.807, 2.05) is 12.5 Å². The highest BCUT2D eigenvalue weighted by Crippen LogP contribution is 2.35. The zero-order valence-electron chi connectivity index (χ0n) is 16.2. The first-order valence-electron chi connectivity index (χ1n) is 10.1. The van der Waals surface area contributed by atoms with Crippen LogP contribution in [0.5, 0.6) is 0 Å². The Balaban J connectivity index is 1.43. The lowest BCUT2D eigenvalue weighted by molar-refractivity contribution is -0.0391. The number of aromatic amines is 1. The number of aryl methyl sites for hydroxylation is 1. The van der Waals surface area contributed by atoms with Crippen molar-refractivity contribution in [3.8, 4) is 16.9 Å². The van der Waals surface area contributed by atoms with Gasteiger partial charge >= 0.3 is 0 Å². The van der Waals surface area contributed by atoms with Crippen LogP contribution in [0.15, 0.2) is 35.7 Å². The van der Waals surface area contributed by atoms with Crippen molar-refractivity contribution < 1.29 is 9.57 Å². The molecule has 0 aliphatic carbocycles. The number of amidine groups is 1. The summed E-state index contributed by atoms with van der Waals surface area (Å²) in [5.74, 6) is 1.08. The molecule has 2 aromatic heterocycles. The Morgan fingerprint density at radius 2 is 2.10 bits per heavy atom. The molecule has 3 aromatic rings. The smallest absolute Gasteiger partial charge is 0.180 e. The molecular formula is C21H22N6O2. The Kier molecular flexibility index (Phi) is 3.82. The van der Waals surface area contributed by atoms with Gasteiger partial charge in [0.15, 0.2) is 12.1 Å². The third-order valence-corrected chi connectivity index (χ3v) is 6.05. The predicted octanol–water partition coefficient (Wildman–Crippen LogP) is 2.51. The zero-order valence-corrected chi connectivity index (χ0v) is 16.2. The van der Waals surface area contributed by atoms with Gasteiger partial charge in [-0.3, -0.25) is 5.10 Å². The lowest BCUT2D eigenvalue weighted by Crippen LogP contribution is -2.28. The SMILES string of the molecule is Cc1ccc2c(c1)-c1[nH]ncc1Cc1c(C3=NC(C4CCOCC4)ON3)ncn1-2. The molecule has 148 valence electrons. The third kappa shape index (κ3) is 2.71. The van der Waals surface area contributed by atoms with E-state index in [-0.39, 0.29) is 6.23 Å². The maximum Gasteiger partial charge on any atom is 0.180 e. The molecule has 0 amide bonds. The third-order valence-electron chi connectivity index (χ3n) is 6.05. The second-order valence-electron chi connectivity index (χ2n) is 7.92. The monoisotopic (exact) mass is 390 g/mol. The molecular weight excluding hydrogens is 368 g/mol. The van der Waals surface area contributed by atoms with Crippen LogP contribution in [-0.2, 0) is 16.0 Å². The van der Waals surface area contributed by atoms with E-state index in [2.05, 4.69) is 45.4 Å². The highest BCUT2D eigenvalue weighted by Gasteiger charge is 2.32. The van der Waals surface area contributed by atoms with Gasteiger partial charge in [0.05, 0.1) is 23.3 Å². The largest absolute Gasteiger partial charge is 0.381 e. The van der Waals surface area contributed by atoms with Gasteiger partial charge < -0.3 is 9.30 Å². The number of hydrogen-bond acceptors (Lipinski definition) is 6. The van der Waals surface area contributed by atoms with E-state index < -0.39 is 0 Å². The molecule has 0 bridgehead atoms. The molecule has 1 aromatic carbocycles. The number of fused-ring (bicyclic) bond motifs is 5. The summed E-state index contributed by atoms with van der Waals surface area (Å²) < 4.78 is 7.62. The van der Waals surface area contributed by atoms with E-state index in [4.69, 9.17) is 19.6 Å². The van der Waals surface area contributed by atoms with Crippen LogP contribution in [0.1, 0.15) is 35.4 Å². The average molecular weight is 390 g/mol. The molecule has 8 nitrogen and oxygen atoms in total. The summed E-state index contributed by atoms with van der Waals surface area (Å²) in [7, 11) is 0. The van der Waals surface area contributed by atoms with Gasteiger partial charge in [-0.25, -0.2) is 20.3 Å². The van der Waals surface area contributed by atoms with Crippen molar-refractivity contribution in [2.45, 2.75) is 32.4 Å². The number of aliphatic imine (C=N–C) groups is 1. The van der Waals surface area contributed by atoms with Gasteiger partial charge in [0, 0.05) is 36.7 Å². The van der Waals surface area contributed by atoms with Gasteiger partial charge in [-0.15, -0.1) is 0 Å². The summed E-state index contributed by atoms with van der Waals surface area (Å²) in [5.41, 5.74) is 10.6. The number of ether oxygens (including phenoxy) is 1. The summed E-state index contributed by atoms with van der Waals surface area (Å²) in [4.78, 5) is 15.4. The minimum Gasteiger partial charge on any atom is -0.381 e. The van der Waals surface area contributed by atoms with Gasteiger partial charge in [0.25, 0.3) is 0 Å². The number of hydrogen-bond donors (Lipinski definition) is 2. The molecule has 5 heterocycles. The second-order valence-corrected chi connectivity index (χ2v) is 7.92. The van der Waals surface area contributed by atoms with Crippen LogP contribution in [0.2, 0.25) is 0 Å². The first-order valence-corrected chi connectivity index (χ1v) is 10.1. The van der Waals surface area contributed by atoms with Gasteiger partial charge in [-0.2, -0.15) is 5.10 Å². The maximum atomic E-state index is 5.81. The van der Waals surface area contributed by atoms with Gasteiger partial charge in [0.2, 0.25) is 0 Å². The highest BCUT2D eigenvalue weighted by atomic mass is 16.7. The Labute approximate surface area is 167 Å². The highest BCUT2D eigenvalue weighted by molar-refractivity contribution is 5.98. The number of imidazole rings is 1. The summed E-state index contributed by atoms with van der Waals surface area (Å²) in [5, 5.41) is 7.47. The summed E-state index contributed by atoms with van der Waals surface area (Å²) >= 11 is 0.